The molecule has 156 valence electrons. The van der Waals surface area contributed by atoms with Crippen LogP contribution in [0, 0.1) is 33.3 Å². The summed E-state index contributed by atoms with van der Waals surface area (Å²) in [4.78, 5) is 2.38. The summed E-state index contributed by atoms with van der Waals surface area (Å²) in [6.45, 7) is 28.0. The van der Waals surface area contributed by atoms with E-state index in [1.807, 2.05) is 0 Å². The van der Waals surface area contributed by atoms with Crippen LogP contribution < -0.4 is 0 Å². The first-order valence-corrected chi connectivity index (χ1v) is 9.47. The van der Waals surface area contributed by atoms with Gasteiger partial charge in [-0.25, -0.2) is 0 Å². The van der Waals surface area contributed by atoms with E-state index in [0.717, 1.165) is 23.5 Å². The number of benzene rings is 1. The molecule has 0 fully saturated rings. The van der Waals surface area contributed by atoms with E-state index in [0.29, 0.717) is 0 Å². The Kier molecular flexibility index (Phi) is 31.3. The molecule has 7 nitrogen and oxygen atoms in total. The predicted octanol–water partition coefficient (Wildman–Crippen LogP) is 3.55. The van der Waals surface area contributed by atoms with Crippen molar-refractivity contribution in [1.29, 1.82) is 0 Å². The molecule has 0 aliphatic carbocycles. The van der Waals surface area contributed by atoms with E-state index in [2.05, 4.69) is 88.5 Å². The third-order valence-electron chi connectivity index (χ3n) is 3.35. The minimum atomic E-state index is 0.983. The van der Waals surface area contributed by atoms with E-state index < -0.39 is 0 Å². The average Bonchev–Trinajstić information content (AvgIpc) is 2.85. The van der Waals surface area contributed by atoms with Gasteiger partial charge in [0.2, 0.25) is 0 Å². The maximum atomic E-state index is 7.50. The Bertz CT molecular complexity index is 722. The Balaban J connectivity index is -0.000000296. The third-order valence-corrected chi connectivity index (χ3v) is 4.83. The second-order valence-electron chi connectivity index (χ2n) is 5.03. The number of rotatable bonds is 5. The van der Waals surface area contributed by atoms with Crippen molar-refractivity contribution < 1.29 is 47.4 Å². The van der Waals surface area contributed by atoms with E-state index in [-0.39, 0.29) is 0 Å². The van der Waals surface area contributed by atoms with E-state index in [4.69, 9.17) is 28.0 Å². The van der Waals surface area contributed by atoms with Gasteiger partial charge in [0.1, 0.15) is 0 Å². The molecule has 8 heteroatoms. The van der Waals surface area contributed by atoms with Crippen LogP contribution in [-0.4, -0.2) is 22.6 Å². The van der Waals surface area contributed by atoms with Crippen LogP contribution >= 0.6 is 0 Å². The summed E-state index contributed by atoms with van der Waals surface area (Å²) in [5.41, 5.74) is 5.31. The number of nitrogens with zero attached hydrogens (tertiary/aromatic N) is 1. The Hall–Kier alpha value is -2.28. The normalized spacial score (nSPS) is 10.6. The molecule has 0 aromatic heterocycles. The van der Waals surface area contributed by atoms with Crippen molar-refractivity contribution in [2.45, 2.75) is 26.7 Å². The number of hydrogen-bond acceptors (Lipinski definition) is 2. The number of methoxy groups -OCH3 is 1. The Morgan fingerprint density at radius 1 is 0.967 bits per heavy atom. The van der Waals surface area contributed by atoms with Crippen LogP contribution in [0.5, 0.6) is 0 Å². The van der Waals surface area contributed by atoms with Gasteiger partial charge >= 0.3 is 189 Å². The van der Waals surface area contributed by atoms with E-state index in [1.54, 1.807) is 7.11 Å². The van der Waals surface area contributed by atoms with Gasteiger partial charge in [-0.2, -0.15) is 0 Å². The molecule has 0 atom stereocenters. The zero-order chi connectivity index (χ0) is 24.5. The number of ether oxygens (including phenoxy) is 1. The minimum absolute atomic E-state index is 0.983. The fourth-order valence-corrected chi connectivity index (χ4v) is 3.16. The predicted molar refractivity (Wildman–Crippen MR) is 100 cm³/mol. The summed E-state index contributed by atoms with van der Waals surface area (Å²) < 4.78 is 44.2. The van der Waals surface area contributed by atoms with Crippen molar-refractivity contribution >= 4 is 9.78 Å². The van der Waals surface area contributed by atoms with Gasteiger partial charge in [-0.1, -0.05) is 0 Å². The fourth-order valence-electron chi connectivity index (χ4n) is 2.56. The third kappa shape index (κ3) is 13.0. The SMILES string of the molecule is CCCN1C=C(C)CC([C](=[W])OC)=C1c1ccccc1.[C-]#[O+].[C-]#[O+].[C-]#[O+].[C-]#[O+].[C-]#[O+]. The van der Waals surface area contributed by atoms with E-state index >= 15 is 0 Å². The van der Waals surface area contributed by atoms with Crippen molar-refractivity contribution in [2.75, 3.05) is 13.7 Å². The molecule has 30 heavy (non-hydrogen) atoms. The van der Waals surface area contributed by atoms with Crippen LogP contribution in [0.3, 0.4) is 0 Å². The summed E-state index contributed by atoms with van der Waals surface area (Å²) in [5.74, 6) is 0. The quantitative estimate of drug-likeness (QED) is 0.393. The molecule has 1 heterocycles. The standard InChI is InChI=1S/C17H21NO.5CO.W/c1-4-10-18-12-14(2)11-16(13-19-3)17(18)15-8-6-5-7-9-15;5*1-2;/h5-9,12H,4,10-11H2,1-3H3;;;;;;. The van der Waals surface area contributed by atoms with Gasteiger partial charge in [-0.15, -0.1) is 0 Å². The first kappa shape index (κ1) is 35.2. The zero-order valence-electron chi connectivity index (χ0n) is 16.9. The van der Waals surface area contributed by atoms with Crippen molar-refractivity contribution in [2.24, 2.45) is 0 Å². The molecule has 0 amide bonds. The molecule has 2 rings (SSSR count). The van der Waals surface area contributed by atoms with Crippen LogP contribution in [0.15, 0.2) is 47.7 Å². The number of allylic oxidation sites excluding steroid dienone is 1. The van der Waals surface area contributed by atoms with Crippen LogP contribution in [0.4, 0.5) is 0 Å². The molecule has 0 radical (unpaired) electrons. The molecule has 0 unspecified atom stereocenters. The maximum absolute atomic E-state index is 7.50. The number of hydrogen-bond donors (Lipinski definition) is 0. The van der Waals surface area contributed by atoms with Gasteiger partial charge in [0.15, 0.2) is 0 Å². The van der Waals surface area contributed by atoms with E-state index in [9.17, 15) is 0 Å². The van der Waals surface area contributed by atoms with Gasteiger partial charge in [0.05, 0.1) is 0 Å². The molecule has 1 aromatic rings. The Morgan fingerprint density at radius 2 is 1.43 bits per heavy atom. The molecule has 0 saturated carbocycles. The summed E-state index contributed by atoms with van der Waals surface area (Å²) in [6, 6.07) is 10.6. The zero-order valence-corrected chi connectivity index (χ0v) is 19.8. The fraction of sp³-hybridized carbons (Fsp3) is 0.273. The van der Waals surface area contributed by atoms with Crippen LogP contribution in [-0.2, 0) is 47.4 Å². The van der Waals surface area contributed by atoms with Gasteiger partial charge < -0.3 is 0 Å². The molecule has 0 bridgehead atoms. The Morgan fingerprint density at radius 3 is 1.83 bits per heavy atom. The van der Waals surface area contributed by atoms with Crippen molar-refractivity contribution in [3.63, 3.8) is 0 Å². The molecular formula is C22H21NO6W. The van der Waals surface area contributed by atoms with Gasteiger partial charge in [0, 0.05) is 0 Å². The molecule has 1 aliphatic heterocycles. The van der Waals surface area contributed by atoms with Gasteiger partial charge in [-0.05, 0) is 0 Å². The second kappa shape index (κ2) is 26.7. The van der Waals surface area contributed by atoms with Crippen LogP contribution in [0.2, 0.25) is 0 Å². The topological polar surface area (TPSA) is 112 Å². The summed E-state index contributed by atoms with van der Waals surface area (Å²) in [7, 11) is 1.77. The Labute approximate surface area is 188 Å². The first-order chi connectivity index (χ1) is 14.7. The molecule has 0 spiro atoms. The second-order valence-corrected chi connectivity index (χ2v) is 6.36. The molecular weight excluding hydrogens is 558 g/mol. The van der Waals surface area contributed by atoms with Crippen LogP contribution in [0.25, 0.3) is 5.70 Å². The monoisotopic (exact) mass is 579 g/mol. The molecule has 1 aromatic carbocycles. The van der Waals surface area contributed by atoms with E-state index in [1.165, 1.54) is 41.8 Å². The van der Waals surface area contributed by atoms with Crippen LogP contribution in [0.1, 0.15) is 32.3 Å². The first-order valence-electron chi connectivity index (χ1n) is 8.00. The van der Waals surface area contributed by atoms with Crippen molar-refractivity contribution in [3.05, 3.63) is 86.5 Å². The summed E-state index contributed by atoms with van der Waals surface area (Å²) in [6.07, 6.45) is 4.40. The van der Waals surface area contributed by atoms with Gasteiger partial charge in [0.25, 0.3) is 0 Å². The molecule has 1 aliphatic rings. The summed E-state index contributed by atoms with van der Waals surface area (Å²) in [5, 5.41) is 0. The van der Waals surface area contributed by atoms with Crippen molar-refractivity contribution in [1.82, 2.24) is 4.90 Å². The molecule has 0 saturated heterocycles. The van der Waals surface area contributed by atoms with Crippen molar-refractivity contribution in [3.8, 4) is 0 Å². The average molecular weight is 579 g/mol. The summed E-state index contributed by atoms with van der Waals surface area (Å²) >= 11 is 1.39. The molecule has 0 N–H and O–H groups in total. The van der Waals surface area contributed by atoms with Gasteiger partial charge in [-0.3, -0.25) is 0 Å².